The molecule has 0 atom stereocenters. The third-order valence-electron chi connectivity index (χ3n) is 4.23. The van der Waals surface area contributed by atoms with Gasteiger partial charge in [-0.2, -0.15) is 5.26 Å². The summed E-state index contributed by atoms with van der Waals surface area (Å²) in [4.78, 5) is 37.1. The monoisotopic (exact) mass is 405 g/mol. The van der Waals surface area contributed by atoms with Crippen molar-refractivity contribution in [2.75, 3.05) is 7.11 Å². The minimum Gasteiger partial charge on any atom is -0.465 e. The minimum atomic E-state index is -0.790. The van der Waals surface area contributed by atoms with Gasteiger partial charge in [-0.25, -0.2) is 4.79 Å². The molecule has 1 N–H and O–H groups in total. The molecule has 0 aliphatic heterocycles. The SMILES string of the molecule is COC(=O)c1cc([N+](=O)[O-])ccc1Oc1cccc(-c2cc(C)[nH]c(=O)c2C#N)c1. The zero-order valence-electron chi connectivity index (χ0n) is 16.0. The molecule has 0 bridgehead atoms. The number of nitriles is 1. The number of nitro benzene ring substituents is 1. The lowest BCUT2D eigenvalue weighted by molar-refractivity contribution is -0.384. The van der Waals surface area contributed by atoms with E-state index in [0.717, 1.165) is 13.2 Å². The highest BCUT2D eigenvalue weighted by molar-refractivity contribution is 5.93. The Bertz CT molecular complexity index is 1260. The van der Waals surface area contributed by atoms with Crippen LogP contribution in [0.2, 0.25) is 0 Å². The summed E-state index contributed by atoms with van der Waals surface area (Å²) in [6, 6.07) is 13.7. The molecule has 1 heterocycles. The number of carbonyl (C=O) groups is 1. The fourth-order valence-electron chi connectivity index (χ4n) is 2.87. The van der Waals surface area contributed by atoms with E-state index in [1.807, 2.05) is 6.07 Å². The zero-order valence-corrected chi connectivity index (χ0v) is 16.0. The number of non-ortho nitro benzene ring substituents is 1. The smallest absolute Gasteiger partial charge is 0.341 e. The molecule has 0 fully saturated rings. The van der Waals surface area contributed by atoms with E-state index in [-0.39, 0.29) is 22.6 Å². The van der Waals surface area contributed by atoms with Crippen molar-refractivity contribution >= 4 is 11.7 Å². The molecule has 0 radical (unpaired) electrons. The van der Waals surface area contributed by atoms with Gasteiger partial charge in [-0.15, -0.1) is 0 Å². The quantitative estimate of drug-likeness (QED) is 0.388. The summed E-state index contributed by atoms with van der Waals surface area (Å²) < 4.78 is 10.5. The van der Waals surface area contributed by atoms with Gasteiger partial charge in [0.2, 0.25) is 0 Å². The summed E-state index contributed by atoms with van der Waals surface area (Å²) in [5, 5.41) is 20.4. The van der Waals surface area contributed by atoms with E-state index in [1.54, 1.807) is 37.3 Å². The molecule has 2 aromatic carbocycles. The van der Waals surface area contributed by atoms with Gasteiger partial charge in [-0.3, -0.25) is 14.9 Å². The summed E-state index contributed by atoms with van der Waals surface area (Å²) in [5.41, 5.74) is 0.644. The topological polar surface area (TPSA) is 135 Å². The standard InChI is InChI=1S/C21H15N3O6/c1-12-8-16(18(11-22)20(25)23-12)13-4-3-5-15(9-13)30-19-7-6-14(24(27)28)10-17(19)21(26)29-2/h3-10H,1-2H3,(H,23,25). The van der Waals surface area contributed by atoms with Gasteiger partial charge in [-0.1, -0.05) is 12.1 Å². The Morgan fingerprint density at radius 2 is 1.97 bits per heavy atom. The van der Waals surface area contributed by atoms with Crippen molar-refractivity contribution in [1.82, 2.24) is 4.98 Å². The number of ether oxygens (including phenoxy) is 2. The molecule has 0 aliphatic rings. The fraction of sp³-hybridized carbons (Fsp3) is 0.0952. The number of carbonyl (C=O) groups excluding carboxylic acids is 1. The Labute approximate surface area is 170 Å². The Balaban J connectivity index is 2.06. The molecule has 30 heavy (non-hydrogen) atoms. The van der Waals surface area contributed by atoms with Gasteiger partial charge in [0, 0.05) is 23.4 Å². The Morgan fingerprint density at radius 3 is 2.63 bits per heavy atom. The molecule has 3 aromatic rings. The van der Waals surface area contributed by atoms with Crippen molar-refractivity contribution in [1.29, 1.82) is 5.26 Å². The van der Waals surface area contributed by atoms with Crippen LogP contribution in [0.3, 0.4) is 0 Å². The van der Waals surface area contributed by atoms with E-state index in [9.17, 15) is 25.0 Å². The number of aromatic amines is 1. The van der Waals surface area contributed by atoms with Crippen LogP contribution >= 0.6 is 0 Å². The number of aromatic nitrogens is 1. The Hall–Kier alpha value is -4.45. The van der Waals surface area contributed by atoms with E-state index in [0.29, 0.717) is 22.6 Å². The molecule has 9 nitrogen and oxygen atoms in total. The third-order valence-corrected chi connectivity index (χ3v) is 4.23. The molecule has 0 spiro atoms. The second kappa shape index (κ2) is 8.28. The predicted octanol–water partition coefficient (Wildman–Crippen LogP) is 3.71. The largest absolute Gasteiger partial charge is 0.465 e. The average Bonchev–Trinajstić information content (AvgIpc) is 2.73. The first-order valence-corrected chi connectivity index (χ1v) is 8.63. The predicted molar refractivity (Wildman–Crippen MR) is 106 cm³/mol. The van der Waals surface area contributed by atoms with Gasteiger partial charge in [0.1, 0.15) is 28.7 Å². The highest BCUT2D eigenvalue weighted by Gasteiger charge is 2.19. The van der Waals surface area contributed by atoms with Gasteiger partial charge >= 0.3 is 5.97 Å². The van der Waals surface area contributed by atoms with Gasteiger partial charge < -0.3 is 14.5 Å². The third kappa shape index (κ3) is 4.02. The number of nitrogens with zero attached hydrogens (tertiary/aromatic N) is 2. The molecular formula is C21H15N3O6. The summed E-state index contributed by atoms with van der Waals surface area (Å²) in [5.74, 6) is -0.428. The number of methoxy groups -OCH3 is 1. The first-order valence-electron chi connectivity index (χ1n) is 8.63. The number of pyridine rings is 1. The van der Waals surface area contributed by atoms with Crippen LogP contribution < -0.4 is 10.3 Å². The lowest BCUT2D eigenvalue weighted by atomic mass is 10.0. The number of nitrogens with one attached hydrogen (secondary N) is 1. The van der Waals surface area contributed by atoms with E-state index in [1.165, 1.54) is 12.1 Å². The summed E-state index contributed by atoms with van der Waals surface area (Å²) in [7, 11) is 1.16. The van der Waals surface area contributed by atoms with Gasteiger partial charge in [0.25, 0.3) is 11.2 Å². The molecule has 0 saturated heterocycles. The normalized spacial score (nSPS) is 10.2. The molecule has 0 unspecified atom stereocenters. The second-order valence-electron chi connectivity index (χ2n) is 6.24. The highest BCUT2D eigenvalue weighted by Crippen LogP contribution is 2.32. The summed E-state index contributed by atoms with van der Waals surface area (Å²) in [6.45, 7) is 1.70. The van der Waals surface area contributed by atoms with E-state index in [2.05, 4.69) is 9.72 Å². The maximum absolute atomic E-state index is 12.1. The lowest BCUT2D eigenvalue weighted by Gasteiger charge is -2.12. The number of aryl methyl sites for hydroxylation is 1. The zero-order chi connectivity index (χ0) is 21.8. The van der Waals surface area contributed by atoms with Crippen molar-refractivity contribution in [3.05, 3.63) is 85.8 Å². The van der Waals surface area contributed by atoms with Gasteiger partial charge in [0.05, 0.1) is 12.0 Å². The first-order chi connectivity index (χ1) is 14.3. The van der Waals surface area contributed by atoms with Crippen molar-refractivity contribution in [2.24, 2.45) is 0 Å². The number of esters is 1. The van der Waals surface area contributed by atoms with Crippen LogP contribution in [-0.2, 0) is 4.74 Å². The highest BCUT2D eigenvalue weighted by atomic mass is 16.6. The maximum Gasteiger partial charge on any atom is 0.341 e. The molecular weight excluding hydrogens is 390 g/mol. The number of benzene rings is 2. The number of hydrogen-bond donors (Lipinski definition) is 1. The molecule has 1 aromatic heterocycles. The molecule has 9 heteroatoms. The molecule has 0 amide bonds. The van der Waals surface area contributed by atoms with E-state index >= 15 is 0 Å². The molecule has 0 aliphatic carbocycles. The van der Waals surface area contributed by atoms with Crippen LogP contribution in [0.5, 0.6) is 11.5 Å². The van der Waals surface area contributed by atoms with Crippen LogP contribution in [0.15, 0.2) is 53.3 Å². The molecule has 0 saturated carbocycles. The van der Waals surface area contributed by atoms with Gasteiger partial charge in [-0.05, 0) is 36.8 Å². The van der Waals surface area contributed by atoms with E-state index in [4.69, 9.17) is 4.74 Å². The first kappa shape index (κ1) is 20.3. The van der Waals surface area contributed by atoms with Crippen LogP contribution in [0, 0.1) is 28.4 Å². The maximum atomic E-state index is 12.1. The average molecular weight is 405 g/mol. The number of rotatable bonds is 5. The second-order valence-corrected chi connectivity index (χ2v) is 6.24. The van der Waals surface area contributed by atoms with Crippen LogP contribution in [0.4, 0.5) is 5.69 Å². The van der Waals surface area contributed by atoms with Crippen molar-refractivity contribution in [3.63, 3.8) is 0 Å². The number of hydrogen-bond acceptors (Lipinski definition) is 7. The van der Waals surface area contributed by atoms with Crippen molar-refractivity contribution in [2.45, 2.75) is 6.92 Å². The van der Waals surface area contributed by atoms with E-state index < -0.39 is 16.5 Å². The number of H-pyrrole nitrogens is 1. The van der Waals surface area contributed by atoms with Crippen LogP contribution in [-0.4, -0.2) is 23.0 Å². The molecule has 150 valence electrons. The summed E-state index contributed by atoms with van der Waals surface area (Å²) >= 11 is 0. The van der Waals surface area contributed by atoms with Crippen molar-refractivity contribution < 1.29 is 19.2 Å². The van der Waals surface area contributed by atoms with Crippen LogP contribution in [0.25, 0.3) is 11.1 Å². The van der Waals surface area contributed by atoms with Crippen molar-refractivity contribution in [3.8, 4) is 28.7 Å². The van der Waals surface area contributed by atoms with Crippen LogP contribution in [0.1, 0.15) is 21.6 Å². The van der Waals surface area contributed by atoms with Gasteiger partial charge in [0.15, 0.2) is 0 Å². The number of nitro groups is 1. The lowest BCUT2D eigenvalue weighted by Crippen LogP contribution is -2.12. The fourth-order valence-corrected chi connectivity index (χ4v) is 2.87. The Morgan fingerprint density at radius 1 is 1.20 bits per heavy atom. The summed E-state index contributed by atoms with van der Waals surface area (Å²) in [6.07, 6.45) is 0. The molecule has 3 rings (SSSR count). The minimum absolute atomic E-state index is 0.0386. The Kier molecular flexibility index (Phi) is 5.60.